The van der Waals surface area contributed by atoms with Crippen molar-refractivity contribution in [3.63, 3.8) is 0 Å². The third-order valence-electron chi connectivity index (χ3n) is 2.83. The molecule has 0 amide bonds. The zero-order valence-corrected chi connectivity index (χ0v) is 12.1. The number of carboxylic acid groups (broad SMARTS) is 1. The predicted octanol–water partition coefficient (Wildman–Crippen LogP) is 4.33. The molecule has 20 heavy (non-hydrogen) atoms. The van der Waals surface area contributed by atoms with Gasteiger partial charge in [-0.3, -0.25) is 0 Å². The van der Waals surface area contributed by atoms with Crippen LogP contribution in [0.1, 0.15) is 15.9 Å². The monoisotopic (exact) mass is 310 g/mol. The summed E-state index contributed by atoms with van der Waals surface area (Å²) in [4.78, 5) is 11.1. The van der Waals surface area contributed by atoms with Crippen molar-refractivity contribution in [3.05, 3.63) is 51.5 Å². The molecule has 0 aliphatic rings. The van der Waals surface area contributed by atoms with E-state index in [1.54, 1.807) is 31.2 Å². The van der Waals surface area contributed by atoms with Gasteiger partial charge in [0.05, 0.1) is 16.3 Å². The van der Waals surface area contributed by atoms with Gasteiger partial charge in [-0.2, -0.15) is 0 Å². The van der Waals surface area contributed by atoms with Crippen molar-refractivity contribution in [1.82, 2.24) is 0 Å². The van der Waals surface area contributed by atoms with Gasteiger partial charge in [0.2, 0.25) is 0 Å². The maximum Gasteiger partial charge on any atom is 0.337 e. The van der Waals surface area contributed by atoms with Gasteiger partial charge in [0, 0.05) is 16.4 Å². The van der Waals surface area contributed by atoms with E-state index in [0.29, 0.717) is 27.0 Å². The lowest BCUT2D eigenvalue weighted by atomic mass is 10.1. The van der Waals surface area contributed by atoms with Gasteiger partial charge >= 0.3 is 5.97 Å². The fourth-order valence-corrected chi connectivity index (χ4v) is 2.25. The van der Waals surface area contributed by atoms with Gasteiger partial charge in [0.25, 0.3) is 0 Å². The molecule has 0 aromatic heterocycles. The Morgan fingerprint density at radius 1 is 1.25 bits per heavy atom. The molecular weight excluding hydrogens is 299 g/mol. The smallest absolute Gasteiger partial charge is 0.337 e. The molecule has 0 saturated heterocycles. The van der Waals surface area contributed by atoms with Crippen LogP contribution in [-0.4, -0.2) is 11.1 Å². The van der Waals surface area contributed by atoms with Crippen molar-refractivity contribution < 1.29 is 9.90 Å². The molecule has 6 heteroatoms. The predicted molar refractivity (Wildman–Crippen MR) is 82.3 cm³/mol. The lowest BCUT2D eigenvalue weighted by Gasteiger charge is -2.12. The number of hydrogen-bond donors (Lipinski definition) is 3. The highest BCUT2D eigenvalue weighted by molar-refractivity contribution is 6.36. The van der Waals surface area contributed by atoms with Crippen LogP contribution >= 0.6 is 23.2 Å². The number of benzene rings is 2. The fraction of sp³-hybridized carbons (Fsp3) is 0.0714. The third-order valence-corrected chi connectivity index (χ3v) is 3.38. The molecule has 2 aromatic rings. The molecule has 2 rings (SSSR count). The first-order valence-electron chi connectivity index (χ1n) is 5.74. The first kappa shape index (κ1) is 14.5. The van der Waals surface area contributed by atoms with Crippen LogP contribution in [0.5, 0.6) is 0 Å². The van der Waals surface area contributed by atoms with Crippen LogP contribution in [0, 0.1) is 6.92 Å². The number of aryl methyl sites for hydroxylation is 1. The van der Waals surface area contributed by atoms with Crippen LogP contribution in [0.15, 0.2) is 30.3 Å². The summed E-state index contributed by atoms with van der Waals surface area (Å²) in [5, 5.41) is 13.1. The summed E-state index contributed by atoms with van der Waals surface area (Å²) in [5.74, 6) is -1.07. The van der Waals surface area contributed by atoms with Gasteiger partial charge in [0.15, 0.2) is 0 Å². The van der Waals surface area contributed by atoms with Gasteiger partial charge in [0.1, 0.15) is 0 Å². The largest absolute Gasteiger partial charge is 0.478 e. The van der Waals surface area contributed by atoms with E-state index in [9.17, 15) is 4.79 Å². The van der Waals surface area contributed by atoms with Crippen LogP contribution in [0.2, 0.25) is 10.0 Å². The number of carboxylic acids is 1. The van der Waals surface area contributed by atoms with Crippen molar-refractivity contribution in [3.8, 4) is 0 Å². The molecule has 0 atom stereocenters. The zero-order chi connectivity index (χ0) is 14.9. The van der Waals surface area contributed by atoms with Gasteiger partial charge in [-0.25, -0.2) is 4.79 Å². The van der Waals surface area contributed by atoms with Crippen LogP contribution in [0.4, 0.5) is 17.1 Å². The fourth-order valence-electron chi connectivity index (χ4n) is 1.79. The van der Waals surface area contributed by atoms with Crippen molar-refractivity contribution >= 4 is 46.2 Å². The molecule has 0 radical (unpaired) electrons. The molecule has 0 aliphatic carbocycles. The van der Waals surface area contributed by atoms with Crippen molar-refractivity contribution in [2.45, 2.75) is 6.92 Å². The molecule has 0 bridgehead atoms. The minimum absolute atomic E-state index is 0.0533. The summed E-state index contributed by atoms with van der Waals surface area (Å²) in [5.41, 5.74) is 7.96. The topological polar surface area (TPSA) is 75.3 Å². The maximum atomic E-state index is 11.1. The number of nitrogens with one attached hydrogen (secondary N) is 1. The lowest BCUT2D eigenvalue weighted by Crippen LogP contribution is -2.05. The third kappa shape index (κ3) is 2.98. The van der Waals surface area contributed by atoms with Crippen molar-refractivity contribution in [2.75, 3.05) is 11.1 Å². The summed E-state index contributed by atoms with van der Waals surface area (Å²) >= 11 is 11.9. The van der Waals surface area contributed by atoms with Crippen molar-refractivity contribution in [1.29, 1.82) is 0 Å². The average Bonchev–Trinajstić information content (AvgIpc) is 2.36. The summed E-state index contributed by atoms with van der Waals surface area (Å²) < 4.78 is 0. The zero-order valence-electron chi connectivity index (χ0n) is 10.6. The summed E-state index contributed by atoms with van der Waals surface area (Å²) in [6.07, 6.45) is 0. The van der Waals surface area contributed by atoms with E-state index in [-0.39, 0.29) is 11.3 Å². The van der Waals surface area contributed by atoms with Crippen molar-refractivity contribution in [2.24, 2.45) is 0 Å². The molecule has 4 N–H and O–H groups in total. The second kappa shape index (κ2) is 5.61. The number of halogens is 2. The highest BCUT2D eigenvalue weighted by Gasteiger charge is 2.12. The van der Waals surface area contributed by atoms with Crippen LogP contribution in [-0.2, 0) is 0 Å². The van der Waals surface area contributed by atoms with E-state index in [1.807, 2.05) is 0 Å². The van der Waals surface area contributed by atoms with Crippen LogP contribution < -0.4 is 11.1 Å². The van der Waals surface area contributed by atoms with Gasteiger partial charge in [-0.1, -0.05) is 23.2 Å². The van der Waals surface area contributed by atoms with Gasteiger partial charge in [-0.15, -0.1) is 0 Å². The first-order valence-corrected chi connectivity index (χ1v) is 6.49. The molecule has 0 unspecified atom stereocenters. The lowest BCUT2D eigenvalue weighted by molar-refractivity contribution is 0.0698. The minimum atomic E-state index is -1.07. The van der Waals surface area contributed by atoms with Gasteiger partial charge < -0.3 is 16.2 Å². The number of aromatic carboxylic acids is 1. The number of rotatable bonds is 3. The number of anilines is 3. The molecule has 0 spiro atoms. The van der Waals surface area contributed by atoms with E-state index < -0.39 is 5.97 Å². The molecule has 0 heterocycles. The molecule has 0 saturated carbocycles. The van der Waals surface area contributed by atoms with Crippen LogP contribution in [0.3, 0.4) is 0 Å². The highest BCUT2D eigenvalue weighted by Crippen LogP contribution is 2.30. The number of nitrogens with two attached hydrogens (primary N) is 1. The Hall–Kier alpha value is -1.91. The normalized spacial score (nSPS) is 10.3. The number of hydrogen-bond acceptors (Lipinski definition) is 3. The second-order valence-electron chi connectivity index (χ2n) is 4.31. The molecule has 0 aliphatic heterocycles. The van der Waals surface area contributed by atoms with E-state index in [2.05, 4.69) is 5.32 Å². The molecular formula is C14H12Cl2N2O2. The Labute approximate surface area is 126 Å². The molecule has 2 aromatic carbocycles. The second-order valence-corrected chi connectivity index (χ2v) is 5.15. The Kier molecular flexibility index (Phi) is 4.06. The SMILES string of the molecule is Cc1cc(Nc2ccc(Cl)cc2Cl)cc(C(=O)O)c1N. The van der Waals surface area contributed by atoms with E-state index in [1.165, 1.54) is 6.07 Å². The van der Waals surface area contributed by atoms with E-state index in [4.69, 9.17) is 34.0 Å². The number of nitrogen functional groups attached to an aromatic ring is 1. The standard InChI is InChI=1S/C14H12Cl2N2O2/c1-7-4-9(6-10(13(7)17)14(19)20)18-12-3-2-8(15)5-11(12)16/h2-6,18H,17H2,1H3,(H,19,20). The molecule has 4 nitrogen and oxygen atoms in total. The quantitative estimate of drug-likeness (QED) is 0.738. The average molecular weight is 311 g/mol. The Balaban J connectivity index is 2.41. The highest BCUT2D eigenvalue weighted by atomic mass is 35.5. The Morgan fingerprint density at radius 2 is 1.95 bits per heavy atom. The van der Waals surface area contributed by atoms with Crippen LogP contribution in [0.25, 0.3) is 0 Å². The maximum absolute atomic E-state index is 11.1. The minimum Gasteiger partial charge on any atom is -0.478 e. The summed E-state index contributed by atoms with van der Waals surface area (Å²) in [7, 11) is 0. The molecule has 104 valence electrons. The molecule has 0 fully saturated rings. The Morgan fingerprint density at radius 3 is 2.55 bits per heavy atom. The summed E-state index contributed by atoms with van der Waals surface area (Å²) in [6.45, 7) is 1.75. The van der Waals surface area contributed by atoms with Gasteiger partial charge in [-0.05, 0) is 42.8 Å². The summed E-state index contributed by atoms with van der Waals surface area (Å²) in [6, 6.07) is 8.24. The first-order chi connectivity index (χ1) is 9.38. The van der Waals surface area contributed by atoms with E-state index in [0.717, 1.165) is 0 Å². The number of carbonyl (C=O) groups is 1. The Bertz CT molecular complexity index is 687. The van der Waals surface area contributed by atoms with E-state index >= 15 is 0 Å².